The zero-order valence-electron chi connectivity index (χ0n) is 16.6. The van der Waals surface area contributed by atoms with E-state index in [4.69, 9.17) is 9.47 Å². The lowest BCUT2D eigenvalue weighted by atomic mass is 10.2. The van der Waals surface area contributed by atoms with Gasteiger partial charge in [-0.15, -0.1) is 0 Å². The molecule has 3 aromatic rings. The monoisotopic (exact) mass is 414 g/mol. The zero-order valence-corrected chi connectivity index (χ0v) is 17.4. The number of pyridine rings is 1. The van der Waals surface area contributed by atoms with E-state index in [0.29, 0.717) is 22.3 Å². The van der Waals surface area contributed by atoms with E-state index in [1.807, 2.05) is 0 Å². The smallest absolute Gasteiger partial charge is 0.331 e. The van der Waals surface area contributed by atoms with Crippen LogP contribution >= 0.6 is 0 Å². The quantitative estimate of drug-likeness (QED) is 0.468. The molecule has 0 atom stereocenters. The summed E-state index contributed by atoms with van der Waals surface area (Å²) in [6.45, 7) is 5.37. The molecule has 0 spiro atoms. The SMILES string of the molecule is COc1cccc(S(=O)(=O)n2ccc3cc(/C=C/C(=O)OC(C)(C)C)cnc32)c1. The standard InChI is InChI=1S/C21H22N2O5S/c1-21(2,3)28-19(24)9-8-15-12-16-10-11-23(20(16)22-14-15)29(25,26)18-7-5-6-17(13-18)27-4/h5-14H,1-4H3/b9-8+. The van der Waals surface area contributed by atoms with Crippen LogP contribution in [0.15, 0.2) is 59.8 Å². The van der Waals surface area contributed by atoms with E-state index in [-0.39, 0.29) is 4.90 Å². The van der Waals surface area contributed by atoms with E-state index in [0.717, 1.165) is 3.97 Å². The van der Waals surface area contributed by atoms with Gasteiger partial charge in [-0.3, -0.25) is 0 Å². The van der Waals surface area contributed by atoms with Crippen molar-refractivity contribution in [2.75, 3.05) is 7.11 Å². The lowest BCUT2D eigenvalue weighted by Gasteiger charge is -2.17. The Hall–Kier alpha value is -3.13. The number of carbonyl (C=O) groups excluding carboxylic acids is 1. The lowest BCUT2D eigenvalue weighted by molar-refractivity contribution is -0.148. The molecule has 0 N–H and O–H groups in total. The van der Waals surface area contributed by atoms with E-state index < -0.39 is 21.6 Å². The van der Waals surface area contributed by atoms with Crippen LogP contribution in [-0.4, -0.2) is 36.1 Å². The first-order valence-corrected chi connectivity index (χ1v) is 10.3. The highest BCUT2D eigenvalue weighted by Gasteiger charge is 2.20. The van der Waals surface area contributed by atoms with Crippen molar-refractivity contribution in [3.05, 3.63) is 60.4 Å². The van der Waals surface area contributed by atoms with Crippen LogP contribution in [0.4, 0.5) is 0 Å². The highest BCUT2D eigenvalue weighted by molar-refractivity contribution is 7.90. The van der Waals surface area contributed by atoms with Gasteiger partial charge in [0.05, 0.1) is 12.0 Å². The van der Waals surface area contributed by atoms with Crippen molar-refractivity contribution >= 4 is 33.1 Å². The molecular weight excluding hydrogens is 392 g/mol. The largest absolute Gasteiger partial charge is 0.497 e. The van der Waals surface area contributed by atoms with Crippen LogP contribution in [0.25, 0.3) is 17.1 Å². The Labute approximate surface area is 169 Å². The van der Waals surface area contributed by atoms with Crippen LogP contribution in [0.5, 0.6) is 5.75 Å². The maximum absolute atomic E-state index is 13.0. The van der Waals surface area contributed by atoms with Crippen molar-refractivity contribution in [3.63, 3.8) is 0 Å². The summed E-state index contributed by atoms with van der Waals surface area (Å²) < 4.78 is 37.5. The number of benzene rings is 1. The number of nitrogens with zero attached hydrogens (tertiary/aromatic N) is 2. The van der Waals surface area contributed by atoms with Crippen LogP contribution in [0.2, 0.25) is 0 Å². The summed E-state index contributed by atoms with van der Waals surface area (Å²) in [5.41, 5.74) is 0.372. The van der Waals surface area contributed by atoms with Crippen LogP contribution in [0.3, 0.4) is 0 Å². The van der Waals surface area contributed by atoms with E-state index >= 15 is 0 Å². The Kier molecular flexibility index (Phi) is 5.48. The van der Waals surface area contributed by atoms with Gasteiger partial charge in [0.15, 0.2) is 5.65 Å². The molecule has 152 valence electrons. The Bertz CT molecular complexity index is 1190. The van der Waals surface area contributed by atoms with Crippen LogP contribution < -0.4 is 4.74 Å². The average molecular weight is 414 g/mol. The molecule has 3 rings (SSSR count). The normalized spacial score (nSPS) is 12.4. The lowest BCUT2D eigenvalue weighted by Crippen LogP contribution is -2.22. The molecule has 0 bridgehead atoms. The molecule has 0 saturated heterocycles. The fourth-order valence-corrected chi connectivity index (χ4v) is 4.02. The first kappa shape index (κ1) is 20.6. The number of carbonyl (C=O) groups is 1. The zero-order chi connectivity index (χ0) is 21.2. The van der Waals surface area contributed by atoms with Gasteiger partial charge in [0.2, 0.25) is 0 Å². The van der Waals surface area contributed by atoms with Gasteiger partial charge in [-0.2, -0.15) is 0 Å². The Morgan fingerprint density at radius 1 is 1.17 bits per heavy atom. The Morgan fingerprint density at radius 3 is 2.62 bits per heavy atom. The highest BCUT2D eigenvalue weighted by atomic mass is 32.2. The van der Waals surface area contributed by atoms with E-state index in [9.17, 15) is 13.2 Å². The van der Waals surface area contributed by atoms with Crippen molar-refractivity contribution < 1.29 is 22.7 Å². The summed E-state index contributed by atoms with van der Waals surface area (Å²) in [6.07, 6.45) is 5.85. The maximum atomic E-state index is 13.0. The highest BCUT2D eigenvalue weighted by Crippen LogP contribution is 2.24. The van der Waals surface area contributed by atoms with Gasteiger partial charge in [-0.25, -0.2) is 22.2 Å². The molecule has 0 aliphatic heterocycles. The predicted molar refractivity (Wildman–Crippen MR) is 110 cm³/mol. The molecule has 29 heavy (non-hydrogen) atoms. The Balaban J connectivity index is 1.92. The van der Waals surface area contributed by atoms with Crippen molar-refractivity contribution in [2.24, 2.45) is 0 Å². The third-order valence-electron chi connectivity index (χ3n) is 3.93. The molecule has 0 aliphatic carbocycles. The number of aromatic nitrogens is 2. The molecule has 8 heteroatoms. The molecule has 0 fully saturated rings. The van der Waals surface area contributed by atoms with E-state index in [2.05, 4.69) is 4.98 Å². The van der Waals surface area contributed by atoms with Crippen molar-refractivity contribution in [3.8, 4) is 5.75 Å². The third-order valence-corrected chi connectivity index (χ3v) is 5.59. The average Bonchev–Trinajstić information content (AvgIpc) is 3.09. The molecule has 0 aliphatic rings. The van der Waals surface area contributed by atoms with Gasteiger partial charge in [0, 0.05) is 29.9 Å². The minimum atomic E-state index is -3.83. The second-order valence-electron chi connectivity index (χ2n) is 7.34. The van der Waals surface area contributed by atoms with Gasteiger partial charge in [0.1, 0.15) is 11.4 Å². The topological polar surface area (TPSA) is 87.5 Å². The van der Waals surface area contributed by atoms with Gasteiger partial charge >= 0.3 is 5.97 Å². The van der Waals surface area contributed by atoms with Gasteiger partial charge in [-0.05, 0) is 56.7 Å². The fourth-order valence-electron chi connectivity index (χ4n) is 2.68. The minimum Gasteiger partial charge on any atom is -0.497 e. The second kappa shape index (κ2) is 7.71. The molecule has 7 nitrogen and oxygen atoms in total. The number of methoxy groups -OCH3 is 1. The number of hydrogen-bond acceptors (Lipinski definition) is 6. The number of rotatable bonds is 5. The molecule has 0 unspecified atom stereocenters. The third kappa shape index (κ3) is 4.65. The summed E-state index contributed by atoms with van der Waals surface area (Å²) in [7, 11) is -2.35. The molecule has 1 aromatic carbocycles. The Morgan fingerprint density at radius 2 is 1.93 bits per heavy atom. The number of esters is 1. The molecule has 2 aromatic heterocycles. The number of fused-ring (bicyclic) bond motifs is 1. The second-order valence-corrected chi connectivity index (χ2v) is 9.16. The molecule has 2 heterocycles. The summed E-state index contributed by atoms with van der Waals surface area (Å²) in [6, 6.07) is 9.66. The van der Waals surface area contributed by atoms with Gasteiger partial charge in [-0.1, -0.05) is 6.07 Å². The summed E-state index contributed by atoms with van der Waals surface area (Å²) >= 11 is 0. The number of hydrogen-bond donors (Lipinski definition) is 0. The van der Waals surface area contributed by atoms with E-state index in [1.54, 1.807) is 51.1 Å². The molecule has 0 saturated carbocycles. The maximum Gasteiger partial charge on any atom is 0.331 e. The van der Waals surface area contributed by atoms with Crippen LogP contribution in [0.1, 0.15) is 26.3 Å². The van der Waals surface area contributed by atoms with E-state index in [1.165, 1.54) is 37.7 Å². The minimum absolute atomic E-state index is 0.102. The molecular formula is C21H22N2O5S. The summed E-state index contributed by atoms with van der Waals surface area (Å²) in [5.74, 6) is -0.0131. The van der Waals surface area contributed by atoms with Gasteiger partial charge < -0.3 is 9.47 Å². The summed E-state index contributed by atoms with van der Waals surface area (Å²) in [5, 5.41) is 0.628. The fraction of sp³-hybridized carbons (Fsp3) is 0.238. The molecule has 0 radical (unpaired) electrons. The van der Waals surface area contributed by atoms with Crippen molar-refractivity contribution in [1.82, 2.24) is 8.96 Å². The first-order chi connectivity index (χ1) is 13.6. The van der Waals surface area contributed by atoms with Crippen LogP contribution in [-0.2, 0) is 19.6 Å². The van der Waals surface area contributed by atoms with Gasteiger partial charge in [0.25, 0.3) is 10.0 Å². The number of ether oxygens (including phenoxy) is 2. The van der Waals surface area contributed by atoms with Crippen molar-refractivity contribution in [1.29, 1.82) is 0 Å². The molecule has 0 amide bonds. The van der Waals surface area contributed by atoms with Crippen molar-refractivity contribution in [2.45, 2.75) is 31.3 Å². The first-order valence-electron chi connectivity index (χ1n) is 8.88. The van der Waals surface area contributed by atoms with Crippen LogP contribution in [0, 0.1) is 0 Å². The summed E-state index contributed by atoms with van der Waals surface area (Å²) in [4.78, 5) is 16.2. The predicted octanol–water partition coefficient (Wildman–Crippen LogP) is 3.64.